The maximum atomic E-state index is 11.6. The Balaban J connectivity index is 2.53. The van der Waals surface area contributed by atoms with Crippen LogP contribution in [0.25, 0.3) is 0 Å². The van der Waals surface area contributed by atoms with Gasteiger partial charge in [-0.05, 0) is 38.0 Å². The number of nitrogens with two attached hydrogens (primary N) is 1. The number of esters is 1. The molecule has 0 saturated carbocycles. The summed E-state index contributed by atoms with van der Waals surface area (Å²) in [5, 5.41) is 8.81. The number of hydrogen-bond donors (Lipinski definition) is 2. The molecule has 0 spiro atoms. The average Bonchev–Trinajstić information content (AvgIpc) is 2.39. The molecule has 1 unspecified atom stereocenters. The van der Waals surface area contributed by atoms with Crippen molar-refractivity contribution in [1.82, 2.24) is 0 Å². The second-order valence-corrected chi connectivity index (χ2v) is 4.54. The van der Waals surface area contributed by atoms with Crippen LogP contribution in [0.2, 0.25) is 0 Å². The fourth-order valence-corrected chi connectivity index (χ4v) is 1.47. The molecule has 1 aromatic carbocycles. The van der Waals surface area contributed by atoms with Crippen molar-refractivity contribution in [2.45, 2.75) is 25.8 Å². The third-order valence-corrected chi connectivity index (χ3v) is 2.60. The molecule has 1 atom stereocenters. The molecule has 0 saturated heterocycles. The summed E-state index contributed by atoms with van der Waals surface area (Å²) in [5.41, 5.74) is 5.70. The standard InChI is InChI=1S/C14H21NO4/c1-3-18-13(17)14(2,15)10-19-12-6-4-11(5-7-12)8-9-16/h4-7,16H,3,8-10,15H2,1-2H3. The fourth-order valence-electron chi connectivity index (χ4n) is 1.47. The van der Waals surface area contributed by atoms with Gasteiger partial charge in [0.25, 0.3) is 0 Å². The van der Waals surface area contributed by atoms with E-state index in [1.54, 1.807) is 26.0 Å². The van der Waals surface area contributed by atoms with Gasteiger partial charge in [-0.25, -0.2) is 4.79 Å². The molecule has 0 radical (unpaired) electrons. The van der Waals surface area contributed by atoms with Gasteiger partial charge < -0.3 is 20.3 Å². The minimum Gasteiger partial charge on any atom is -0.491 e. The van der Waals surface area contributed by atoms with Gasteiger partial charge >= 0.3 is 5.97 Å². The van der Waals surface area contributed by atoms with Crippen LogP contribution in [0.1, 0.15) is 19.4 Å². The maximum absolute atomic E-state index is 11.6. The zero-order valence-corrected chi connectivity index (χ0v) is 11.4. The van der Waals surface area contributed by atoms with Gasteiger partial charge in [-0.2, -0.15) is 0 Å². The first-order valence-electron chi connectivity index (χ1n) is 6.28. The first-order chi connectivity index (χ1) is 8.99. The van der Waals surface area contributed by atoms with E-state index in [1.165, 1.54) is 0 Å². The van der Waals surface area contributed by atoms with E-state index >= 15 is 0 Å². The van der Waals surface area contributed by atoms with Crippen molar-refractivity contribution < 1.29 is 19.4 Å². The lowest BCUT2D eigenvalue weighted by molar-refractivity contribution is -0.150. The molecule has 106 valence electrons. The third-order valence-electron chi connectivity index (χ3n) is 2.60. The third kappa shape index (κ3) is 4.89. The normalized spacial score (nSPS) is 13.7. The van der Waals surface area contributed by atoms with Gasteiger partial charge in [-0.1, -0.05) is 12.1 Å². The Hall–Kier alpha value is -1.59. The lowest BCUT2D eigenvalue weighted by Crippen LogP contribution is -2.51. The van der Waals surface area contributed by atoms with Gasteiger partial charge in [0.1, 0.15) is 17.9 Å². The minimum absolute atomic E-state index is 0.0468. The van der Waals surface area contributed by atoms with E-state index in [4.69, 9.17) is 20.3 Å². The second kappa shape index (κ2) is 7.11. The van der Waals surface area contributed by atoms with Crippen LogP contribution in [0.3, 0.4) is 0 Å². The smallest absolute Gasteiger partial charge is 0.329 e. The van der Waals surface area contributed by atoms with Crippen LogP contribution < -0.4 is 10.5 Å². The summed E-state index contributed by atoms with van der Waals surface area (Å²) in [6, 6.07) is 7.30. The SMILES string of the molecule is CCOC(=O)C(C)(N)COc1ccc(CCO)cc1. The summed E-state index contributed by atoms with van der Waals surface area (Å²) < 4.78 is 10.4. The maximum Gasteiger partial charge on any atom is 0.329 e. The van der Waals surface area contributed by atoms with Crippen LogP contribution in [0.15, 0.2) is 24.3 Å². The zero-order valence-electron chi connectivity index (χ0n) is 11.4. The predicted octanol–water partition coefficient (Wildman–Crippen LogP) is 0.881. The summed E-state index contributed by atoms with van der Waals surface area (Å²) >= 11 is 0. The van der Waals surface area contributed by atoms with Crippen LogP contribution >= 0.6 is 0 Å². The van der Waals surface area contributed by atoms with Crippen molar-refractivity contribution in [3.05, 3.63) is 29.8 Å². The first-order valence-corrected chi connectivity index (χ1v) is 6.28. The highest BCUT2D eigenvalue weighted by molar-refractivity contribution is 5.80. The summed E-state index contributed by atoms with van der Waals surface area (Å²) in [6.07, 6.45) is 0.609. The van der Waals surface area contributed by atoms with Crippen LogP contribution in [0, 0.1) is 0 Å². The quantitative estimate of drug-likeness (QED) is 0.717. The molecule has 0 amide bonds. The van der Waals surface area contributed by atoms with Crippen LogP contribution in [0.4, 0.5) is 0 Å². The number of ether oxygens (including phenoxy) is 2. The van der Waals surface area contributed by atoms with E-state index in [0.717, 1.165) is 5.56 Å². The Kier molecular flexibility index (Phi) is 5.79. The number of aliphatic hydroxyl groups is 1. The van der Waals surface area contributed by atoms with E-state index in [9.17, 15) is 4.79 Å². The van der Waals surface area contributed by atoms with Crippen LogP contribution in [-0.4, -0.2) is 36.4 Å². The molecular formula is C14H21NO4. The average molecular weight is 267 g/mol. The highest BCUT2D eigenvalue weighted by Gasteiger charge is 2.31. The highest BCUT2D eigenvalue weighted by atomic mass is 16.5. The number of hydrogen-bond acceptors (Lipinski definition) is 5. The van der Waals surface area contributed by atoms with Crippen molar-refractivity contribution in [3.63, 3.8) is 0 Å². The molecule has 0 aromatic heterocycles. The molecule has 0 heterocycles. The lowest BCUT2D eigenvalue weighted by Gasteiger charge is -2.22. The predicted molar refractivity (Wildman–Crippen MR) is 72.0 cm³/mol. The fraction of sp³-hybridized carbons (Fsp3) is 0.500. The van der Waals surface area contributed by atoms with Gasteiger partial charge in [-0.3, -0.25) is 0 Å². The molecule has 1 aromatic rings. The van der Waals surface area contributed by atoms with Crippen LogP contribution in [0.5, 0.6) is 5.75 Å². The molecule has 19 heavy (non-hydrogen) atoms. The Morgan fingerprint density at radius 1 is 1.37 bits per heavy atom. The number of carbonyl (C=O) groups is 1. The zero-order chi connectivity index (χ0) is 14.3. The van der Waals surface area contributed by atoms with Crippen LogP contribution in [-0.2, 0) is 16.0 Å². The largest absolute Gasteiger partial charge is 0.491 e. The molecule has 0 fully saturated rings. The molecule has 0 aliphatic heterocycles. The number of aliphatic hydroxyl groups excluding tert-OH is 1. The van der Waals surface area contributed by atoms with Crippen molar-refractivity contribution in [3.8, 4) is 5.75 Å². The topological polar surface area (TPSA) is 81.8 Å². The molecule has 0 aliphatic carbocycles. The Morgan fingerprint density at radius 3 is 2.53 bits per heavy atom. The molecule has 1 rings (SSSR count). The van der Waals surface area contributed by atoms with Gasteiger partial charge in [-0.15, -0.1) is 0 Å². The Labute approximate surface area is 113 Å². The molecule has 0 bridgehead atoms. The van der Waals surface area contributed by atoms with E-state index in [0.29, 0.717) is 18.8 Å². The molecular weight excluding hydrogens is 246 g/mol. The number of rotatable bonds is 7. The van der Waals surface area contributed by atoms with Gasteiger partial charge in [0, 0.05) is 6.61 Å². The molecule has 5 heteroatoms. The molecule has 5 nitrogen and oxygen atoms in total. The number of benzene rings is 1. The highest BCUT2D eigenvalue weighted by Crippen LogP contribution is 2.14. The van der Waals surface area contributed by atoms with Gasteiger partial charge in [0.05, 0.1) is 6.61 Å². The number of carbonyl (C=O) groups excluding carboxylic acids is 1. The minimum atomic E-state index is -1.17. The van der Waals surface area contributed by atoms with E-state index in [-0.39, 0.29) is 13.2 Å². The van der Waals surface area contributed by atoms with Crippen molar-refractivity contribution in [1.29, 1.82) is 0 Å². The van der Waals surface area contributed by atoms with Gasteiger partial charge in [0.15, 0.2) is 0 Å². The Bertz CT molecular complexity index is 400. The summed E-state index contributed by atoms with van der Waals surface area (Å²) in [7, 11) is 0. The monoisotopic (exact) mass is 267 g/mol. The van der Waals surface area contributed by atoms with E-state index < -0.39 is 11.5 Å². The molecule has 0 aliphatic rings. The van der Waals surface area contributed by atoms with Gasteiger partial charge in [0.2, 0.25) is 0 Å². The van der Waals surface area contributed by atoms with Crippen molar-refractivity contribution >= 4 is 5.97 Å². The van der Waals surface area contributed by atoms with E-state index in [2.05, 4.69) is 0 Å². The summed E-state index contributed by atoms with van der Waals surface area (Å²) in [5.74, 6) is 0.148. The second-order valence-electron chi connectivity index (χ2n) is 4.54. The Morgan fingerprint density at radius 2 is 2.00 bits per heavy atom. The summed E-state index contributed by atoms with van der Waals surface area (Å²) in [6.45, 7) is 3.76. The van der Waals surface area contributed by atoms with E-state index in [1.807, 2.05) is 12.1 Å². The van der Waals surface area contributed by atoms with Crippen molar-refractivity contribution in [2.24, 2.45) is 5.73 Å². The summed E-state index contributed by atoms with van der Waals surface area (Å²) in [4.78, 5) is 11.6. The lowest BCUT2D eigenvalue weighted by atomic mass is 10.1. The molecule has 3 N–H and O–H groups in total. The first kappa shape index (κ1) is 15.5. The van der Waals surface area contributed by atoms with Crippen molar-refractivity contribution in [2.75, 3.05) is 19.8 Å².